The molecule has 62 valence electrons. The molecule has 1 heterocycles. The van der Waals surface area contributed by atoms with Crippen LogP contribution in [0.4, 0.5) is 0 Å². The van der Waals surface area contributed by atoms with Crippen LogP contribution in [-0.4, -0.2) is 4.68 Å². The number of nitrogen functional groups attached to an aromatic ring is 1. The Morgan fingerprint density at radius 1 is 1.36 bits per heavy atom. The van der Waals surface area contributed by atoms with Crippen LogP contribution in [0.1, 0.15) is 11.3 Å². The summed E-state index contributed by atoms with van der Waals surface area (Å²) in [7, 11) is 0. The van der Waals surface area contributed by atoms with E-state index in [-0.39, 0.29) is 18.0 Å². The van der Waals surface area contributed by atoms with E-state index in [0.717, 1.165) is 15.9 Å². The van der Waals surface area contributed by atoms with E-state index in [4.69, 9.17) is 5.84 Å². The zero-order valence-electron chi connectivity index (χ0n) is 6.50. The van der Waals surface area contributed by atoms with E-state index in [0.29, 0.717) is 0 Å². The van der Waals surface area contributed by atoms with Gasteiger partial charge in [-0.1, -0.05) is 0 Å². The van der Waals surface area contributed by atoms with Crippen molar-refractivity contribution in [1.82, 2.24) is 4.68 Å². The third-order valence-electron chi connectivity index (χ3n) is 1.41. The lowest BCUT2D eigenvalue weighted by Gasteiger charge is -2.01. The standard InChI is InChI=1S/C7H10N2O.ClH/c1-5-3-6(2)9(8)7(10)4-5;/h3-4H,8H2,1-2H3;1H. The van der Waals surface area contributed by atoms with Crippen LogP contribution in [0.2, 0.25) is 0 Å². The summed E-state index contributed by atoms with van der Waals surface area (Å²) in [5.41, 5.74) is 1.58. The minimum atomic E-state index is -0.155. The fraction of sp³-hybridized carbons (Fsp3) is 0.286. The van der Waals surface area contributed by atoms with E-state index < -0.39 is 0 Å². The molecule has 0 saturated carbocycles. The maximum atomic E-state index is 10.9. The number of aromatic nitrogens is 1. The maximum Gasteiger partial charge on any atom is 0.269 e. The quantitative estimate of drug-likeness (QED) is 0.586. The molecule has 0 bridgehead atoms. The highest BCUT2D eigenvalue weighted by molar-refractivity contribution is 5.85. The largest absolute Gasteiger partial charge is 0.336 e. The van der Waals surface area contributed by atoms with E-state index in [1.165, 1.54) is 6.07 Å². The molecule has 1 rings (SSSR count). The Labute approximate surface area is 71.2 Å². The highest BCUT2D eigenvalue weighted by Gasteiger charge is 1.94. The first-order valence-corrected chi connectivity index (χ1v) is 3.06. The number of hydrogen-bond donors (Lipinski definition) is 1. The first-order valence-electron chi connectivity index (χ1n) is 3.06. The predicted molar refractivity (Wildman–Crippen MR) is 47.6 cm³/mol. The van der Waals surface area contributed by atoms with Crippen LogP contribution in [0.3, 0.4) is 0 Å². The first-order chi connectivity index (χ1) is 4.61. The first kappa shape index (κ1) is 10.0. The van der Waals surface area contributed by atoms with Gasteiger partial charge in [-0.2, -0.15) is 0 Å². The van der Waals surface area contributed by atoms with Gasteiger partial charge in [0.2, 0.25) is 0 Å². The van der Waals surface area contributed by atoms with Gasteiger partial charge in [-0.3, -0.25) is 4.79 Å². The molecule has 0 spiro atoms. The second-order valence-corrected chi connectivity index (χ2v) is 2.38. The zero-order chi connectivity index (χ0) is 7.72. The molecule has 4 heteroatoms. The van der Waals surface area contributed by atoms with Gasteiger partial charge in [-0.15, -0.1) is 12.4 Å². The summed E-state index contributed by atoms with van der Waals surface area (Å²) in [5.74, 6) is 5.35. The van der Waals surface area contributed by atoms with Crippen LogP contribution in [0.15, 0.2) is 16.9 Å². The fourth-order valence-corrected chi connectivity index (χ4v) is 0.879. The smallest absolute Gasteiger partial charge is 0.269 e. The monoisotopic (exact) mass is 174 g/mol. The summed E-state index contributed by atoms with van der Waals surface area (Å²) in [4.78, 5) is 10.9. The molecule has 1 aromatic rings. The van der Waals surface area contributed by atoms with E-state index >= 15 is 0 Å². The number of rotatable bonds is 0. The van der Waals surface area contributed by atoms with Gasteiger partial charge in [0.15, 0.2) is 0 Å². The second-order valence-electron chi connectivity index (χ2n) is 2.38. The molecule has 0 amide bonds. The van der Waals surface area contributed by atoms with Crippen LogP contribution in [0.25, 0.3) is 0 Å². The van der Waals surface area contributed by atoms with Crippen molar-refractivity contribution in [2.24, 2.45) is 0 Å². The third kappa shape index (κ3) is 1.98. The Hall–Kier alpha value is -0.960. The lowest BCUT2D eigenvalue weighted by molar-refractivity contribution is 0.880. The Morgan fingerprint density at radius 3 is 2.36 bits per heavy atom. The van der Waals surface area contributed by atoms with Crippen molar-refractivity contribution in [3.05, 3.63) is 33.7 Å². The summed E-state index contributed by atoms with van der Waals surface area (Å²) in [6.07, 6.45) is 0. The number of nitrogens with zero attached hydrogens (tertiary/aromatic N) is 1. The zero-order valence-corrected chi connectivity index (χ0v) is 7.31. The van der Waals surface area contributed by atoms with Crippen molar-refractivity contribution >= 4 is 12.4 Å². The lowest BCUT2D eigenvalue weighted by atomic mass is 10.2. The normalized spacial score (nSPS) is 8.91. The van der Waals surface area contributed by atoms with Crippen LogP contribution in [-0.2, 0) is 0 Å². The molecule has 0 aliphatic heterocycles. The van der Waals surface area contributed by atoms with Gasteiger partial charge in [0.1, 0.15) is 0 Å². The van der Waals surface area contributed by atoms with Gasteiger partial charge in [-0.25, -0.2) is 4.68 Å². The van der Waals surface area contributed by atoms with Crippen LogP contribution < -0.4 is 11.4 Å². The molecule has 0 unspecified atom stereocenters. The Morgan fingerprint density at radius 2 is 1.91 bits per heavy atom. The molecule has 0 atom stereocenters. The molecule has 11 heavy (non-hydrogen) atoms. The molecular weight excluding hydrogens is 164 g/mol. The molecule has 2 N–H and O–H groups in total. The van der Waals surface area contributed by atoms with Gasteiger partial charge in [0.25, 0.3) is 5.56 Å². The van der Waals surface area contributed by atoms with Crippen molar-refractivity contribution in [1.29, 1.82) is 0 Å². The number of hydrogen-bond acceptors (Lipinski definition) is 2. The van der Waals surface area contributed by atoms with Crippen LogP contribution in [0.5, 0.6) is 0 Å². The molecule has 1 aromatic heterocycles. The topological polar surface area (TPSA) is 48.0 Å². The average Bonchev–Trinajstić information content (AvgIpc) is 1.82. The molecule has 0 fully saturated rings. The van der Waals surface area contributed by atoms with Crippen LogP contribution in [0, 0.1) is 13.8 Å². The van der Waals surface area contributed by atoms with Gasteiger partial charge in [0.05, 0.1) is 0 Å². The van der Waals surface area contributed by atoms with Crippen molar-refractivity contribution in [2.75, 3.05) is 5.84 Å². The maximum absolute atomic E-state index is 10.9. The molecule has 0 saturated heterocycles. The molecule has 3 nitrogen and oxygen atoms in total. The van der Waals surface area contributed by atoms with Crippen molar-refractivity contribution in [2.45, 2.75) is 13.8 Å². The predicted octanol–water partition coefficient (Wildman–Crippen LogP) is 0.601. The number of aryl methyl sites for hydroxylation is 2. The van der Waals surface area contributed by atoms with Gasteiger partial charge in [0, 0.05) is 11.8 Å². The highest BCUT2D eigenvalue weighted by atomic mass is 35.5. The summed E-state index contributed by atoms with van der Waals surface area (Å²) in [6.45, 7) is 3.67. The fourth-order valence-electron chi connectivity index (χ4n) is 0.879. The lowest BCUT2D eigenvalue weighted by Crippen LogP contribution is -2.28. The Kier molecular flexibility index (Phi) is 3.14. The summed E-state index contributed by atoms with van der Waals surface area (Å²) >= 11 is 0. The van der Waals surface area contributed by atoms with Crippen LogP contribution >= 0.6 is 12.4 Å². The molecule has 0 aliphatic carbocycles. The SMILES string of the molecule is Cc1cc(C)n(N)c(=O)c1.Cl. The molecular formula is C7H11ClN2O. The minimum Gasteiger partial charge on any atom is -0.336 e. The average molecular weight is 175 g/mol. The highest BCUT2D eigenvalue weighted by Crippen LogP contribution is 1.94. The summed E-state index contributed by atoms with van der Waals surface area (Å²) in [6, 6.07) is 3.37. The Bertz CT molecular complexity index is 306. The molecule has 0 aromatic carbocycles. The van der Waals surface area contributed by atoms with E-state index in [2.05, 4.69) is 0 Å². The number of halogens is 1. The Balaban J connectivity index is 0.000001000. The van der Waals surface area contributed by atoms with Crippen molar-refractivity contribution < 1.29 is 0 Å². The van der Waals surface area contributed by atoms with E-state index in [1.807, 2.05) is 13.0 Å². The van der Waals surface area contributed by atoms with Gasteiger partial charge < -0.3 is 5.84 Å². The summed E-state index contributed by atoms with van der Waals surface area (Å²) < 4.78 is 1.13. The van der Waals surface area contributed by atoms with Crippen molar-refractivity contribution in [3.8, 4) is 0 Å². The minimum absolute atomic E-state index is 0. The van der Waals surface area contributed by atoms with E-state index in [1.54, 1.807) is 6.92 Å². The van der Waals surface area contributed by atoms with Crippen molar-refractivity contribution in [3.63, 3.8) is 0 Å². The molecule has 0 aliphatic rings. The molecule has 0 radical (unpaired) electrons. The number of pyridine rings is 1. The summed E-state index contributed by atoms with van der Waals surface area (Å²) in [5, 5.41) is 0. The van der Waals surface area contributed by atoms with Gasteiger partial charge in [-0.05, 0) is 25.5 Å². The van der Waals surface area contributed by atoms with Gasteiger partial charge >= 0.3 is 0 Å². The van der Waals surface area contributed by atoms with E-state index in [9.17, 15) is 4.79 Å². The number of nitrogens with two attached hydrogens (primary N) is 1. The third-order valence-corrected chi connectivity index (χ3v) is 1.41. The second kappa shape index (κ2) is 3.44.